The number of rotatable bonds is 4. The Balaban J connectivity index is 1.95. The van der Waals surface area contributed by atoms with Crippen LogP contribution in [0.25, 0.3) is 0 Å². The number of aromatic nitrogens is 1. The van der Waals surface area contributed by atoms with E-state index in [-0.39, 0.29) is 11.9 Å². The molecule has 17 heavy (non-hydrogen) atoms. The van der Waals surface area contributed by atoms with E-state index in [2.05, 4.69) is 4.98 Å². The van der Waals surface area contributed by atoms with Crippen molar-refractivity contribution in [1.82, 2.24) is 4.98 Å². The second kappa shape index (κ2) is 5.55. The number of nitrogens with zero attached hydrogens (tertiary/aromatic N) is 1. The normalized spacial score (nSPS) is 12.4. The van der Waals surface area contributed by atoms with Gasteiger partial charge in [0.05, 0.1) is 5.69 Å². The summed E-state index contributed by atoms with van der Waals surface area (Å²) in [5, 5.41) is 0. The number of hydrogen-bond donors (Lipinski definition) is 1. The SMILES string of the molecule is NC(CCc1cccc(F)c1)c1ccccn1. The van der Waals surface area contributed by atoms with Gasteiger partial charge in [-0.15, -0.1) is 0 Å². The molecule has 0 amide bonds. The van der Waals surface area contributed by atoms with Crippen molar-refractivity contribution in [1.29, 1.82) is 0 Å². The van der Waals surface area contributed by atoms with Gasteiger partial charge in [-0.25, -0.2) is 4.39 Å². The van der Waals surface area contributed by atoms with Gasteiger partial charge in [0.15, 0.2) is 0 Å². The maximum absolute atomic E-state index is 13.0. The highest BCUT2D eigenvalue weighted by molar-refractivity contribution is 5.17. The van der Waals surface area contributed by atoms with E-state index in [0.717, 1.165) is 24.1 Å². The molecule has 0 radical (unpaired) electrons. The molecule has 2 nitrogen and oxygen atoms in total. The predicted molar refractivity (Wildman–Crippen MR) is 65.9 cm³/mol. The molecule has 0 aliphatic carbocycles. The van der Waals surface area contributed by atoms with E-state index in [4.69, 9.17) is 5.73 Å². The molecule has 2 aromatic rings. The van der Waals surface area contributed by atoms with Gasteiger partial charge >= 0.3 is 0 Å². The smallest absolute Gasteiger partial charge is 0.123 e. The first-order chi connectivity index (χ1) is 8.25. The van der Waals surface area contributed by atoms with Crippen molar-refractivity contribution in [2.75, 3.05) is 0 Å². The van der Waals surface area contributed by atoms with Gasteiger partial charge in [0, 0.05) is 12.2 Å². The van der Waals surface area contributed by atoms with Gasteiger partial charge in [0.1, 0.15) is 5.82 Å². The molecule has 0 bridgehead atoms. The maximum atomic E-state index is 13.0. The quantitative estimate of drug-likeness (QED) is 0.877. The third-order valence-electron chi connectivity index (χ3n) is 2.70. The minimum absolute atomic E-state index is 0.0977. The van der Waals surface area contributed by atoms with E-state index in [1.165, 1.54) is 6.07 Å². The number of halogens is 1. The lowest BCUT2D eigenvalue weighted by molar-refractivity contribution is 0.613. The molecule has 1 heterocycles. The third-order valence-corrected chi connectivity index (χ3v) is 2.70. The van der Waals surface area contributed by atoms with E-state index in [1.54, 1.807) is 18.3 Å². The lowest BCUT2D eigenvalue weighted by Crippen LogP contribution is -2.12. The Morgan fingerprint density at radius 3 is 2.76 bits per heavy atom. The van der Waals surface area contributed by atoms with Crippen LogP contribution in [0.15, 0.2) is 48.7 Å². The van der Waals surface area contributed by atoms with E-state index in [9.17, 15) is 4.39 Å². The Kier molecular flexibility index (Phi) is 3.83. The molecule has 2 rings (SSSR count). The van der Waals surface area contributed by atoms with Crippen molar-refractivity contribution in [3.63, 3.8) is 0 Å². The molecular formula is C14H15FN2. The zero-order valence-electron chi connectivity index (χ0n) is 9.51. The Bertz CT molecular complexity index is 471. The molecule has 0 aliphatic heterocycles. The Labute approximate surface area is 100 Å². The number of nitrogens with two attached hydrogens (primary N) is 1. The Morgan fingerprint density at radius 2 is 2.06 bits per heavy atom. The van der Waals surface area contributed by atoms with Crippen LogP contribution < -0.4 is 5.73 Å². The van der Waals surface area contributed by atoms with Crippen molar-refractivity contribution in [3.8, 4) is 0 Å². The largest absolute Gasteiger partial charge is 0.323 e. The van der Waals surface area contributed by atoms with Crippen LogP contribution in [-0.2, 0) is 6.42 Å². The second-order valence-electron chi connectivity index (χ2n) is 4.03. The fourth-order valence-electron chi connectivity index (χ4n) is 1.76. The lowest BCUT2D eigenvalue weighted by atomic mass is 10.0. The highest BCUT2D eigenvalue weighted by Gasteiger charge is 2.07. The van der Waals surface area contributed by atoms with Gasteiger partial charge in [-0.3, -0.25) is 4.98 Å². The van der Waals surface area contributed by atoms with Crippen molar-refractivity contribution < 1.29 is 4.39 Å². The Hall–Kier alpha value is -1.74. The first-order valence-electron chi connectivity index (χ1n) is 5.66. The van der Waals surface area contributed by atoms with E-state index in [0.29, 0.717) is 0 Å². The van der Waals surface area contributed by atoms with Crippen LogP contribution in [0.4, 0.5) is 4.39 Å². The van der Waals surface area contributed by atoms with Crippen molar-refractivity contribution >= 4 is 0 Å². The van der Waals surface area contributed by atoms with Crippen LogP contribution in [0.5, 0.6) is 0 Å². The molecule has 1 unspecified atom stereocenters. The fraction of sp³-hybridized carbons (Fsp3) is 0.214. The van der Waals surface area contributed by atoms with Crippen LogP contribution in [0.2, 0.25) is 0 Å². The highest BCUT2D eigenvalue weighted by atomic mass is 19.1. The summed E-state index contributed by atoms with van der Waals surface area (Å²) in [5.74, 6) is -0.200. The van der Waals surface area contributed by atoms with Crippen molar-refractivity contribution in [3.05, 3.63) is 65.7 Å². The second-order valence-corrected chi connectivity index (χ2v) is 4.03. The molecule has 0 aliphatic rings. The van der Waals surface area contributed by atoms with E-state index in [1.807, 2.05) is 24.3 Å². The van der Waals surface area contributed by atoms with E-state index < -0.39 is 0 Å². The molecule has 0 saturated heterocycles. The average molecular weight is 230 g/mol. The van der Waals surface area contributed by atoms with Crippen LogP contribution in [0.3, 0.4) is 0 Å². The lowest BCUT2D eigenvalue weighted by Gasteiger charge is -2.10. The van der Waals surface area contributed by atoms with Crippen LogP contribution >= 0.6 is 0 Å². The van der Waals surface area contributed by atoms with Gasteiger partial charge in [-0.05, 0) is 42.7 Å². The van der Waals surface area contributed by atoms with Gasteiger partial charge in [-0.1, -0.05) is 18.2 Å². The molecule has 1 aromatic heterocycles. The summed E-state index contributed by atoms with van der Waals surface area (Å²) in [5.41, 5.74) is 7.87. The van der Waals surface area contributed by atoms with Crippen molar-refractivity contribution in [2.24, 2.45) is 5.73 Å². The summed E-state index contributed by atoms with van der Waals surface area (Å²) in [7, 11) is 0. The zero-order chi connectivity index (χ0) is 12.1. The summed E-state index contributed by atoms with van der Waals surface area (Å²) in [6, 6.07) is 12.2. The zero-order valence-corrected chi connectivity index (χ0v) is 9.51. The van der Waals surface area contributed by atoms with Crippen LogP contribution in [0, 0.1) is 5.82 Å². The molecule has 0 fully saturated rings. The third kappa shape index (κ3) is 3.36. The van der Waals surface area contributed by atoms with Gasteiger partial charge in [0.25, 0.3) is 0 Å². The molecule has 3 heteroatoms. The molecule has 0 saturated carbocycles. The fourth-order valence-corrected chi connectivity index (χ4v) is 1.76. The molecule has 0 spiro atoms. The molecule has 2 N–H and O–H groups in total. The molecule has 1 atom stereocenters. The van der Waals surface area contributed by atoms with Gasteiger partial charge < -0.3 is 5.73 Å². The summed E-state index contributed by atoms with van der Waals surface area (Å²) >= 11 is 0. The topological polar surface area (TPSA) is 38.9 Å². The number of hydrogen-bond acceptors (Lipinski definition) is 2. The summed E-state index contributed by atoms with van der Waals surface area (Å²) < 4.78 is 13.0. The maximum Gasteiger partial charge on any atom is 0.123 e. The molecule has 88 valence electrons. The van der Waals surface area contributed by atoms with Crippen molar-refractivity contribution in [2.45, 2.75) is 18.9 Å². The average Bonchev–Trinajstić information content (AvgIpc) is 2.37. The monoisotopic (exact) mass is 230 g/mol. The summed E-state index contributed by atoms with van der Waals surface area (Å²) in [4.78, 5) is 4.21. The summed E-state index contributed by atoms with van der Waals surface area (Å²) in [6.45, 7) is 0. The summed E-state index contributed by atoms with van der Waals surface area (Å²) in [6.07, 6.45) is 3.26. The number of pyridine rings is 1. The Morgan fingerprint density at radius 1 is 1.18 bits per heavy atom. The van der Waals surface area contributed by atoms with E-state index >= 15 is 0 Å². The first-order valence-corrected chi connectivity index (χ1v) is 5.66. The number of benzene rings is 1. The predicted octanol–water partition coefficient (Wildman–Crippen LogP) is 2.85. The first kappa shape index (κ1) is 11.7. The minimum Gasteiger partial charge on any atom is -0.323 e. The molecule has 1 aromatic carbocycles. The highest BCUT2D eigenvalue weighted by Crippen LogP contribution is 2.14. The minimum atomic E-state index is -0.200. The standard InChI is InChI=1S/C14H15FN2/c15-12-5-3-4-11(10-12)7-8-13(16)14-6-1-2-9-17-14/h1-6,9-10,13H,7-8,16H2. The molecular weight excluding hydrogens is 215 g/mol. The van der Waals surface area contributed by atoms with Gasteiger partial charge in [-0.2, -0.15) is 0 Å². The van der Waals surface area contributed by atoms with Crippen LogP contribution in [0.1, 0.15) is 23.7 Å². The van der Waals surface area contributed by atoms with Gasteiger partial charge in [0.2, 0.25) is 0 Å². The van der Waals surface area contributed by atoms with Crippen LogP contribution in [-0.4, -0.2) is 4.98 Å². The number of aryl methyl sites for hydroxylation is 1.